The zero-order valence-electron chi connectivity index (χ0n) is 8.71. The molecule has 2 atom stereocenters. The Hall–Kier alpha value is -0.520. The number of terminal acetylenes is 1. The van der Waals surface area contributed by atoms with E-state index in [1.165, 1.54) is 19.3 Å². The molecule has 0 spiro atoms. The topological polar surface area (TPSA) is 32.3 Å². The van der Waals surface area contributed by atoms with Gasteiger partial charge in [0, 0.05) is 6.04 Å². The molecule has 0 rings (SSSR count). The molecule has 0 heterocycles. The van der Waals surface area contributed by atoms with Crippen LogP contribution in [0.1, 0.15) is 39.0 Å². The zero-order chi connectivity index (χ0) is 10.1. The minimum Gasteiger partial charge on any atom is -0.379 e. The quantitative estimate of drug-likeness (QED) is 0.463. The Morgan fingerprint density at radius 2 is 2.08 bits per heavy atom. The lowest BCUT2D eigenvalue weighted by molar-refractivity contribution is 0.177. The summed E-state index contributed by atoms with van der Waals surface area (Å²) in [6.07, 6.45) is 10.3. The molecule has 0 fully saturated rings. The van der Waals surface area contributed by atoms with Gasteiger partial charge in [-0.05, 0) is 13.5 Å². The summed E-state index contributed by atoms with van der Waals surface area (Å²) < 4.78 is 0. The molecule has 2 nitrogen and oxygen atoms in total. The SMILES string of the molecule is C#C[C@@H](O)[C@H](CCCCCC)NC. The molecule has 0 aromatic carbocycles. The Morgan fingerprint density at radius 3 is 2.54 bits per heavy atom. The van der Waals surface area contributed by atoms with Crippen LogP contribution in [-0.2, 0) is 0 Å². The first-order chi connectivity index (χ1) is 6.26. The highest BCUT2D eigenvalue weighted by Gasteiger charge is 2.13. The highest BCUT2D eigenvalue weighted by Crippen LogP contribution is 2.07. The molecule has 0 aromatic heterocycles. The summed E-state index contributed by atoms with van der Waals surface area (Å²) in [5, 5.41) is 12.4. The van der Waals surface area contributed by atoms with Crippen molar-refractivity contribution in [1.29, 1.82) is 0 Å². The first-order valence-electron chi connectivity index (χ1n) is 5.07. The Balaban J connectivity index is 3.55. The van der Waals surface area contributed by atoms with E-state index in [-0.39, 0.29) is 6.04 Å². The molecule has 0 radical (unpaired) electrons. The van der Waals surface area contributed by atoms with Crippen LogP contribution in [0.25, 0.3) is 0 Å². The number of aliphatic hydroxyl groups is 1. The fraction of sp³-hybridized carbons (Fsp3) is 0.818. The molecular weight excluding hydrogens is 162 g/mol. The van der Waals surface area contributed by atoms with Crippen LogP contribution in [0.5, 0.6) is 0 Å². The molecule has 0 bridgehead atoms. The molecule has 0 aliphatic carbocycles. The van der Waals surface area contributed by atoms with Gasteiger partial charge in [-0.15, -0.1) is 6.42 Å². The summed E-state index contributed by atoms with van der Waals surface area (Å²) in [5.41, 5.74) is 0. The van der Waals surface area contributed by atoms with E-state index in [4.69, 9.17) is 6.42 Å². The van der Waals surface area contributed by atoms with E-state index < -0.39 is 6.10 Å². The van der Waals surface area contributed by atoms with Gasteiger partial charge < -0.3 is 10.4 Å². The van der Waals surface area contributed by atoms with Gasteiger partial charge in [0.25, 0.3) is 0 Å². The number of hydrogen-bond donors (Lipinski definition) is 2. The maximum Gasteiger partial charge on any atom is 0.129 e. The predicted octanol–water partition coefficient (Wildman–Crippen LogP) is 1.54. The Labute approximate surface area is 81.7 Å². The number of nitrogens with one attached hydrogen (secondary N) is 1. The molecule has 2 N–H and O–H groups in total. The summed E-state index contributed by atoms with van der Waals surface area (Å²) in [6, 6.07) is 0.0573. The highest BCUT2D eigenvalue weighted by molar-refractivity contribution is 4.99. The second-order valence-electron chi connectivity index (χ2n) is 3.36. The summed E-state index contributed by atoms with van der Waals surface area (Å²) in [5.74, 6) is 2.35. The Morgan fingerprint density at radius 1 is 1.38 bits per heavy atom. The highest BCUT2D eigenvalue weighted by atomic mass is 16.3. The maximum atomic E-state index is 9.38. The van der Waals surface area contributed by atoms with Crippen LogP contribution >= 0.6 is 0 Å². The van der Waals surface area contributed by atoms with E-state index in [0.29, 0.717) is 0 Å². The van der Waals surface area contributed by atoms with Crippen molar-refractivity contribution >= 4 is 0 Å². The van der Waals surface area contributed by atoms with Crippen LogP contribution in [0, 0.1) is 12.3 Å². The molecule has 0 aliphatic rings. The summed E-state index contributed by atoms with van der Waals surface area (Å²) in [6.45, 7) is 2.19. The van der Waals surface area contributed by atoms with Crippen LogP contribution < -0.4 is 5.32 Å². The third-order valence-electron chi connectivity index (χ3n) is 2.29. The molecule has 0 unspecified atom stereocenters. The van der Waals surface area contributed by atoms with Crippen molar-refractivity contribution in [3.8, 4) is 12.3 Å². The lowest BCUT2D eigenvalue weighted by atomic mass is 10.0. The van der Waals surface area contributed by atoms with Gasteiger partial charge in [0.2, 0.25) is 0 Å². The Kier molecular flexibility index (Phi) is 7.77. The third-order valence-corrected chi connectivity index (χ3v) is 2.29. The summed E-state index contributed by atoms with van der Waals surface area (Å²) in [7, 11) is 1.84. The van der Waals surface area contributed by atoms with Gasteiger partial charge in [0.1, 0.15) is 6.10 Å². The van der Waals surface area contributed by atoms with Gasteiger partial charge in [-0.3, -0.25) is 0 Å². The Bertz CT molecular complexity index is 151. The van der Waals surface area contributed by atoms with Crippen molar-refractivity contribution in [1.82, 2.24) is 5.32 Å². The largest absolute Gasteiger partial charge is 0.379 e. The van der Waals surface area contributed by atoms with Crippen molar-refractivity contribution in [2.75, 3.05) is 7.05 Å². The molecule has 0 aromatic rings. The first kappa shape index (κ1) is 12.5. The molecule has 0 amide bonds. The smallest absolute Gasteiger partial charge is 0.129 e. The zero-order valence-corrected chi connectivity index (χ0v) is 8.71. The molecule has 0 aliphatic heterocycles. The van der Waals surface area contributed by atoms with E-state index >= 15 is 0 Å². The van der Waals surface area contributed by atoms with Crippen molar-refractivity contribution in [2.24, 2.45) is 0 Å². The van der Waals surface area contributed by atoms with Crippen molar-refractivity contribution in [3.05, 3.63) is 0 Å². The number of hydrogen-bond acceptors (Lipinski definition) is 2. The number of unbranched alkanes of at least 4 members (excludes halogenated alkanes) is 3. The summed E-state index contributed by atoms with van der Waals surface area (Å²) >= 11 is 0. The number of aliphatic hydroxyl groups excluding tert-OH is 1. The van der Waals surface area contributed by atoms with E-state index in [2.05, 4.69) is 18.2 Å². The predicted molar refractivity (Wildman–Crippen MR) is 56.4 cm³/mol. The number of likely N-dealkylation sites (N-methyl/N-ethyl adjacent to an activating group) is 1. The van der Waals surface area contributed by atoms with Gasteiger partial charge in [0.15, 0.2) is 0 Å². The van der Waals surface area contributed by atoms with Gasteiger partial charge in [0.05, 0.1) is 0 Å². The monoisotopic (exact) mass is 183 g/mol. The van der Waals surface area contributed by atoms with Crippen LogP contribution in [0.4, 0.5) is 0 Å². The van der Waals surface area contributed by atoms with Gasteiger partial charge in [-0.25, -0.2) is 0 Å². The van der Waals surface area contributed by atoms with E-state index in [0.717, 1.165) is 12.8 Å². The minimum atomic E-state index is -0.647. The molecular formula is C11H21NO. The fourth-order valence-corrected chi connectivity index (χ4v) is 1.37. The van der Waals surface area contributed by atoms with Crippen molar-refractivity contribution in [3.63, 3.8) is 0 Å². The third kappa shape index (κ3) is 5.68. The maximum absolute atomic E-state index is 9.38. The standard InChI is InChI=1S/C11H21NO/c1-4-6-7-8-9-10(12-3)11(13)5-2/h2,10-13H,4,6-9H2,1,3H3/t10-,11+/m0/s1. The van der Waals surface area contributed by atoms with Crippen molar-refractivity contribution < 1.29 is 5.11 Å². The average molecular weight is 183 g/mol. The van der Waals surface area contributed by atoms with Gasteiger partial charge >= 0.3 is 0 Å². The van der Waals surface area contributed by atoms with E-state index in [1.807, 2.05) is 7.05 Å². The van der Waals surface area contributed by atoms with Crippen molar-refractivity contribution in [2.45, 2.75) is 51.2 Å². The molecule has 0 saturated carbocycles. The van der Waals surface area contributed by atoms with Crippen LogP contribution in [-0.4, -0.2) is 24.3 Å². The van der Waals surface area contributed by atoms with Crippen LogP contribution in [0.2, 0.25) is 0 Å². The summed E-state index contributed by atoms with van der Waals surface area (Å²) in [4.78, 5) is 0. The van der Waals surface area contributed by atoms with Gasteiger partial charge in [-0.2, -0.15) is 0 Å². The molecule has 13 heavy (non-hydrogen) atoms. The van der Waals surface area contributed by atoms with E-state index in [9.17, 15) is 5.11 Å². The second kappa shape index (κ2) is 8.10. The van der Waals surface area contributed by atoms with Crippen LogP contribution in [0.15, 0.2) is 0 Å². The minimum absolute atomic E-state index is 0.0573. The first-order valence-corrected chi connectivity index (χ1v) is 5.07. The van der Waals surface area contributed by atoms with Gasteiger partial charge in [-0.1, -0.05) is 38.5 Å². The lowest BCUT2D eigenvalue weighted by Crippen LogP contribution is -2.36. The number of rotatable bonds is 7. The van der Waals surface area contributed by atoms with E-state index in [1.54, 1.807) is 0 Å². The second-order valence-corrected chi connectivity index (χ2v) is 3.36. The molecule has 0 saturated heterocycles. The lowest BCUT2D eigenvalue weighted by Gasteiger charge is -2.17. The average Bonchev–Trinajstić information content (AvgIpc) is 2.17. The van der Waals surface area contributed by atoms with Crippen LogP contribution in [0.3, 0.4) is 0 Å². The molecule has 76 valence electrons. The molecule has 2 heteroatoms. The fourth-order valence-electron chi connectivity index (χ4n) is 1.37. The normalized spacial score (nSPS) is 14.9.